The lowest BCUT2D eigenvalue weighted by Gasteiger charge is -1.91. The summed E-state index contributed by atoms with van der Waals surface area (Å²) in [6, 6.07) is 3.55. The van der Waals surface area contributed by atoms with Crippen molar-refractivity contribution in [1.82, 2.24) is 0 Å². The fraction of sp³-hybridized carbons (Fsp3) is 0.300. The van der Waals surface area contributed by atoms with E-state index in [0.29, 0.717) is 12.4 Å². The summed E-state index contributed by atoms with van der Waals surface area (Å²) in [5, 5.41) is 0. The first-order chi connectivity index (χ1) is 6.76. The lowest BCUT2D eigenvalue weighted by Crippen LogP contribution is -1.92. The van der Waals surface area contributed by atoms with Crippen LogP contribution in [0.15, 0.2) is 22.6 Å². The van der Waals surface area contributed by atoms with Gasteiger partial charge in [0.15, 0.2) is 0 Å². The molecular weight excluding hydrogens is 184 g/mol. The number of carbonyl (C=O) groups is 1. The van der Waals surface area contributed by atoms with Gasteiger partial charge in [-0.15, -0.1) is 0 Å². The second kappa shape index (κ2) is 5.24. The Bertz CT molecular complexity index is 325. The Labute approximate surface area is 82.1 Å². The van der Waals surface area contributed by atoms with Crippen LogP contribution >= 0.6 is 0 Å². The predicted octanol–water partition coefficient (Wildman–Crippen LogP) is 1.61. The van der Waals surface area contributed by atoms with Crippen LogP contribution in [-0.2, 0) is 20.9 Å². The van der Waals surface area contributed by atoms with Crippen LogP contribution in [0.2, 0.25) is 0 Å². The molecule has 0 amide bonds. The van der Waals surface area contributed by atoms with E-state index in [0.717, 1.165) is 5.76 Å². The van der Waals surface area contributed by atoms with Crippen LogP contribution in [0.4, 0.5) is 0 Å². The molecule has 14 heavy (non-hydrogen) atoms. The maximum atomic E-state index is 10.7. The summed E-state index contributed by atoms with van der Waals surface area (Å²) >= 11 is 0. The first-order valence-electron chi connectivity index (χ1n) is 4.10. The van der Waals surface area contributed by atoms with Crippen LogP contribution in [-0.4, -0.2) is 20.2 Å². The van der Waals surface area contributed by atoms with Crippen molar-refractivity contribution in [1.29, 1.82) is 0 Å². The van der Waals surface area contributed by atoms with Gasteiger partial charge in [0.1, 0.15) is 18.1 Å². The smallest absolute Gasteiger partial charge is 0.330 e. The van der Waals surface area contributed by atoms with Gasteiger partial charge < -0.3 is 13.9 Å². The molecule has 1 heterocycles. The van der Waals surface area contributed by atoms with Crippen LogP contribution in [0.3, 0.4) is 0 Å². The number of furan rings is 1. The van der Waals surface area contributed by atoms with E-state index >= 15 is 0 Å². The number of methoxy groups -OCH3 is 2. The monoisotopic (exact) mass is 196 g/mol. The largest absolute Gasteiger partial charge is 0.466 e. The lowest BCUT2D eigenvalue weighted by atomic mass is 10.4. The maximum absolute atomic E-state index is 10.7. The van der Waals surface area contributed by atoms with Crippen molar-refractivity contribution < 1.29 is 18.7 Å². The second-order valence-corrected chi connectivity index (χ2v) is 2.59. The SMILES string of the molecule is COCc1ccc(C=CC(=O)OC)o1. The minimum atomic E-state index is -0.408. The fourth-order valence-corrected chi connectivity index (χ4v) is 0.922. The minimum Gasteiger partial charge on any atom is -0.466 e. The molecule has 0 aliphatic heterocycles. The van der Waals surface area contributed by atoms with Gasteiger partial charge in [-0.2, -0.15) is 0 Å². The van der Waals surface area contributed by atoms with Crippen LogP contribution in [0, 0.1) is 0 Å². The molecule has 76 valence electrons. The van der Waals surface area contributed by atoms with E-state index in [-0.39, 0.29) is 0 Å². The first kappa shape index (κ1) is 10.5. The molecule has 0 atom stereocenters. The molecule has 0 spiro atoms. The molecule has 4 heteroatoms. The average molecular weight is 196 g/mol. The van der Waals surface area contributed by atoms with Gasteiger partial charge in [0.05, 0.1) is 7.11 Å². The molecule has 0 saturated carbocycles. The second-order valence-electron chi connectivity index (χ2n) is 2.59. The molecule has 0 aliphatic carbocycles. The van der Waals surface area contributed by atoms with E-state index in [4.69, 9.17) is 9.15 Å². The summed E-state index contributed by atoms with van der Waals surface area (Å²) in [5.74, 6) is 0.911. The molecule has 0 radical (unpaired) electrons. The third-order valence-corrected chi connectivity index (χ3v) is 1.55. The van der Waals surface area contributed by atoms with Crippen LogP contribution in [0.1, 0.15) is 11.5 Å². The lowest BCUT2D eigenvalue weighted by molar-refractivity contribution is -0.134. The molecule has 0 aromatic carbocycles. The van der Waals surface area contributed by atoms with Crippen molar-refractivity contribution in [2.24, 2.45) is 0 Å². The molecule has 4 nitrogen and oxygen atoms in total. The Morgan fingerprint density at radius 2 is 2.29 bits per heavy atom. The molecule has 1 aromatic rings. The van der Waals surface area contributed by atoms with Gasteiger partial charge in [0, 0.05) is 13.2 Å². The zero-order valence-electron chi connectivity index (χ0n) is 8.15. The Kier molecular flexibility index (Phi) is 3.94. The molecule has 1 aromatic heterocycles. The highest BCUT2D eigenvalue weighted by Crippen LogP contribution is 2.10. The Balaban J connectivity index is 2.59. The highest BCUT2D eigenvalue weighted by Gasteiger charge is 1.99. The summed E-state index contributed by atoms with van der Waals surface area (Å²) < 4.78 is 14.6. The van der Waals surface area contributed by atoms with E-state index in [1.54, 1.807) is 25.3 Å². The maximum Gasteiger partial charge on any atom is 0.330 e. The molecule has 0 saturated heterocycles. The summed E-state index contributed by atoms with van der Waals surface area (Å²) in [4.78, 5) is 10.7. The van der Waals surface area contributed by atoms with Crippen LogP contribution < -0.4 is 0 Å². The van der Waals surface area contributed by atoms with E-state index in [1.165, 1.54) is 13.2 Å². The molecule has 0 aliphatic rings. The highest BCUT2D eigenvalue weighted by molar-refractivity contribution is 5.86. The quantitative estimate of drug-likeness (QED) is 0.542. The Morgan fingerprint density at radius 1 is 1.50 bits per heavy atom. The van der Waals surface area contributed by atoms with E-state index in [9.17, 15) is 4.79 Å². The van der Waals surface area contributed by atoms with E-state index in [1.807, 2.05) is 0 Å². The van der Waals surface area contributed by atoms with Crippen molar-refractivity contribution in [3.8, 4) is 0 Å². The zero-order valence-corrected chi connectivity index (χ0v) is 8.15. The van der Waals surface area contributed by atoms with Crippen molar-refractivity contribution in [3.63, 3.8) is 0 Å². The fourth-order valence-electron chi connectivity index (χ4n) is 0.922. The summed E-state index contributed by atoms with van der Waals surface area (Å²) in [7, 11) is 2.91. The first-order valence-corrected chi connectivity index (χ1v) is 4.10. The van der Waals surface area contributed by atoms with Gasteiger partial charge in [0.2, 0.25) is 0 Å². The predicted molar refractivity (Wildman–Crippen MR) is 50.5 cm³/mol. The molecule has 0 unspecified atom stereocenters. The number of carbonyl (C=O) groups excluding carboxylic acids is 1. The standard InChI is InChI=1S/C10H12O4/c1-12-7-9-4-3-8(14-9)5-6-10(11)13-2/h3-6H,7H2,1-2H3. The number of ether oxygens (including phenoxy) is 2. The summed E-state index contributed by atoms with van der Waals surface area (Å²) in [6.07, 6.45) is 2.85. The number of hydrogen-bond acceptors (Lipinski definition) is 4. The Morgan fingerprint density at radius 3 is 2.93 bits per heavy atom. The molecule has 0 N–H and O–H groups in total. The average Bonchev–Trinajstić information content (AvgIpc) is 2.63. The van der Waals surface area contributed by atoms with E-state index < -0.39 is 5.97 Å². The van der Waals surface area contributed by atoms with Crippen molar-refractivity contribution in [2.45, 2.75) is 6.61 Å². The molecule has 0 bridgehead atoms. The molecule has 1 rings (SSSR count). The topological polar surface area (TPSA) is 48.7 Å². The van der Waals surface area contributed by atoms with E-state index in [2.05, 4.69) is 4.74 Å². The van der Waals surface area contributed by atoms with Crippen LogP contribution in [0.5, 0.6) is 0 Å². The van der Waals surface area contributed by atoms with Crippen LogP contribution in [0.25, 0.3) is 6.08 Å². The molecular formula is C10H12O4. The van der Waals surface area contributed by atoms with Crippen molar-refractivity contribution >= 4 is 12.0 Å². The van der Waals surface area contributed by atoms with Crippen molar-refractivity contribution in [3.05, 3.63) is 29.7 Å². The van der Waals surface area contributed by atoms with Gasteiger partial charge in [-0.1, -0.05) is 0 Å². The summed E-state index contributed by atoms with van der Waals surface area (Å²) in [6.45, 7) is 0.423. The van der Waals surface area contributed by atoms with Gasteiger partial charge in [-0.25, -0.2) is 4.79 Å². The third kappa shape index (κ3) is 3.06. The zero-order chi connectivity index (χ0) is 10.4. The Hall–Kier alpha value is -1.55. The normalized spacial score (nSPS) is 10.7. The molecule has 0 fully saturated rings. The van der Waals surface area contributed by atoms with Gasteiger partial charge >= 0.3 is 5.97 Å². The number of rotatable bonds is 4. The van der Waals surface area contributed by atoms with Gasteiger partial charge in [-0.05, 0) is 18.2 Å². The number of hydrogen-bond donors (Lipinski definition) is 0. The minimum absolute atomic E-state index is 0.408. The van der Waals surface area contributed by atoms with Gasteiger partial charge in [0.25, 0.3) is 0 Å². The number of esters is 1. The van der Waals surface area contributed by atoms with Gasteiger partial charge in [-0.3, -0.25) is 0 Å². The highest BCUT2D eigenvalue weighted by atomic mass is 16.5. The van der Waals surface area contributed by atoms with Crippen molar-refractivity contribution in [2.75, 3.05) is 14.2 Å². The third-order valence-electron chi connectivity index (χ3n) is 1.55. The summed E-state index contributed by atoms with van der Waals surface area (Å²) in [5.41, 5.74) is 0.